The van der Waals surface area contributed by atoms with Crippen LogP contribution >= 0.6 is 12.4 Å². The lowest BCUT2D eigenvalue weighted by Gasteiger charge is -2.25. The second-order valence-corrected chi connectivity index (χ2v) is 6.16. The number of aliphatic hydroxyl groups is 1. The van der Waals surface area contributed by atoms with Crippen molar-refractivity contribution in [2.75, 3.05) is 19.5 Å². The van der Waals surface area contributed by atoms with Crippen molar-refractivity contribution in [3.8, 4) is 0 Å². The number of halogens is 1. The third-order valence-corrected chi connectivity index (χ3v) is 3.82. The van der Waals surface area contributed by atoms with E-state index < -0.39 is 28.0 Å². The van der Waals surface area contributed by atoms with Crippen LogP contribution in [0.25, 0.3) is 0 Å². The minimum absolute atomic E-state index is 0. The van der Waals surface area contributed by atoms with Crippen LogP contribution in [-0.2, 0) is 24.9 Å². The molecule has 114 valence electrons. The zero-order valence-electron chi connectivity index (χ0n) is 11.2. The summed E-state index contributed by atoms with van der Waals surface area (Å²) < 4.78 is 27.5. The van der Waals surface area contributed by atoms with Crippen LogP contribution in [0.15, 0.2) is 29.2 Å². The van der Waals surface area contributed by atoms with E-state index in [4.69, 9.17) is 10.5 Å². The number of carbonyl (C=O) groups excluding carboxylic acids is 1. The predicted molar refractivity (Wildman–Crippen MR) is 76.4 cm³/mol. The first-order valence-electron chi connectivity index (χ1n) is 5.63. The third-order valence-electron chi connectivity index (χ3n) is 2.69. The first kappa shape index (κ1) is 18.9. The van der Waals surface area contributed by atoms with Gasteiger partial charge in [-0.3, -0.25) is 0 Å². The molecule has 0 spiro atoms. The van der Waals surface area contributed by atoms with E-state index in [0.29, 0.717) is 5.56 Å². The monoisotopic (exact) mass is 323 g/mol. The summed E-state index contributed by atoms with van der Waals surface area (Å²) in [5.41, 5.74) is 4.44. The third kappa shape index (κ3) is 3.92. The van der Waals surface area contributed by atoms with Gasteiger partial charge in [0.05, 0.1) is 18.1 Å². The van der Waals surface area contributed by atoms with E-state index in [1.54, 1.807) is 6.92 Å². The van der Waals surface area contributed by atoms with Crippen molar-refractivity contribution in [3.05, 3.63) is 29.8 Å². The summed E-state index contributed by atoms with van der Waals surface area (Å²) in [6.45, 7) is 1.13. The maximum Gasteiger partial charge on any atom is 0.333 e. The van der Waals surface area contributed by atoms with E-state index in [-0.39, 0.29) is 23.9 Å². The molecule has 0 radical (unpaired) electrons. The Bertz CT molecular complexity index is 558. The maximum atomic E-state index is 11.8. The molecule has 0 aliphatic heterocycles. The minimum Gasteiger partial charge on any atom is -0.464 e. The number of rotatable bonds is 5. The highest BCUT2D eigenvalue weighted by Crippen LogP contribution is 2.21. The largest absolute Gasteiger partial charge is 0.464 e. The number of aliphatic hydroxyl groups excluding tert-OH is 1. The highest BCUT2D eigenvalue weighted by atomic mass is 35.5. The molecular formula is C12H18ClNO5S. The average Bonchev–Trinajstić information content (AvgIpc) is 2.37. The van der Waals surface area contributed by atoms with Gasteiger partial charge in [-0.2, -0.15) is 0 Å². The Labute approximate surface area is 124 Å². The Morgan fingerprint density at radius 1 is 1.35 bits per heavy atom. The van der Waals surface area contributed by atoms with Crippen molar-refractivity contribution in [2.45, 2.75) is 17.4 Å². The summed E-state index contributed by atoms with van der Waals surface area (Å²) >= 11 is 0. The van der Waals surface area contributed by atoms with Gasteiger partial charge in [-0.15, -0.1) is 12.4 Å². The van der Waals surface area contributed by atoms with Crippen LogP contribution in [0.1, 0.15) is 12.5 Å². The Balaban J connectivity index is 0.00000361. The van der Waals surface area contributed by atoms with E-state index in [9.17, 15) is 18.3 Å². The molecule has 20 heavy (non-hydrogen) atoms. The minimum atomic E-state index is -3.32. The fraction of sp³-hybridized carbons (Fsp3) is 0.417. The van der Waals surface area contributed by atoms with Crippen LogP contribution in [0, 0.1) is 0 Å². The molecule has 0 saturated heterocycles. The van der Waals surface area contributed by atoms with Crippen LogP contribution in [-0.4, -0.2) is 39.0 Å². The van der Waals surface area contributed by atoms with Gasteiger partial charge in [0.25, 0.3) is 0 Å². The lowest BCUT2D eigenvalue weighted by Crippen LogP contribution is -2.49. The van der Waals surface area contributed by atoms with Crippen molar-refractivity contribution >= 4 is 28.2 Å². The molecule has 1 aromatic carbocycles. The number of ether oxygens (including phenoxy) is 1. The molecule has 1 aromatic rings. The number of benzene rings is 1. The Morgan fingerprint density at radius 3 is 2.20 bits per heavy atom. The Morgan fingerprint density at radius 2 is 1.85 bits per heavy atom. The van der Waals surface area contributed by atoms with E-state index >= 15 is 0 Å². The fourth-order valence-electron chi connectivity index (χ4n) is 1.53. The first-order chi connectivity index (χ1) is 8.75. The molecular weight excluding hydrogens is 306 g/mol. The molecule has 0 heterocycles. The number of carbonyl (C=O) groups is 1. The van der Waals surface area contributed by atoms with Gasteiger partial charge in [-0.1, -0.05) is 12.1 Å². The second kappa shape index (κ2) is 7.03. The van der Waals surface area contributed by atoms with Gasteiger partial charge in [-0.25, -0.2) is 13.2 Å². The van der Waals surface area contributed by atoms with Crippen LogP contribution in [0.5, 0.6) is 0 Å². The summed E-state index contributed by atoms with van der Waals surface area (Å²) in [7, 11) is -3.32. The van der Waals surface area contributed by atoms with Crippen molar-refractivity contribution in [1.82, 2.24) is 0 Å². The highest BCUT2D eigenvalue weighted by molar-refractivity contribution is 7.90. The molecule has 8 heteroatoms. The summed E-state index contributed by atoms with van der Waals surface area (Å²) in [6, 6.07) is 5.45. The van der Waals surface area contributed by atoms with Gasteiger partial charge in [0, 0.05) is 6.26 Å². The van der Waals surface area contributed by atoms with Gasteiger partial charge in [0.1, 0.15) is 0 Å². The molecule has 0 aromatic heterocycles. The lowest BCUT2D eigenvalue weighted by molar-refractivity contribution is -0.151. The quantitative estimate of drug-likeness (QED) is 0.751. The van der Waals surface area contributed by atoms with Crippen LogP contribution < -0.4 is 5.73 Å². The molecule has 0 saturated carbocycles. The molecule has 0 fully saturated rings. The van der Waals surface area contributed by atoms with E-state index in [1.165, 1.54) is 24.3 Å². The smallest absolute Gasteiger partial charge is 0.333 e. The summed E-state index contributed by atoms with van der Waals surface area (Å²) in [4.78, 5) is 11.9. The number of sulfone groups is 1. The molecule has 3 N–H and O–H groups in total. The van der Waals surface area contributed by atoms with Crippen molar-refractivity contribution in [2.24, 2.45) is 5.73 Å². The zero-order chi connectivity index (χ0) is 14.7. The molecule has 6 nitrogen and oxygen atoms in total. The molecule has 0 bridgehead atoms. The van der Waals surface area contributed by atoms with Crippen molar-refractivity contribution < 1.29 is 23.1 Å². The van der Waals surface area contributed by atoms with Gasteiger partial charge < -0.3 is 15.6 Å². The molecule has 1 unspecified atom stereocenters. The van der Waals surface area contributed by atoms with Gasteiger partial charge >= 0.3 is 5.97 Å². The topological polar surface area (TPSA) is 107 Å². The van der Waals surface area contributed by atoms with E-state index in [1.807, 2.05) is 0 Å². The predicted octanol–water partition coefficient (Wildman–Crippen LogP) is 0.221. The van der Waals surface area contributed by atoms with Crippen molar-refractivity contribution in [1.29, 1.82) is 0 Å². The Hall–Kier alpha value is -1.15. The Kier molecular flexibility index (Phi) is 6.63. The summed E-state index contributed by atoms with van der Waals surface area (Å²) in [5, 5.41) is 9.32. The molecule has 1 rings (SSSR count). The molecule has 1 atom stereocenters. The molecule has 0 amide bonds. The van der Waals surface area contributed by atoms with Gasteiger partial charge in [-0.05, 0) is 24.6 Å². The number of nitrogens with two attached hydrogens (primary N) is 1. The number of hydrogen-bond donors (Lipinski definition) is 2. The van der Waals surface area contributed by atoms with E-state index in [0.717, 1.165) is 6.26 Å². The van der Waals surface area contributed by atoms with Gasteiger partial charge in [0.15, 0.2) is 15.4 Å². The fourth-order valence-corrected chi connectivity index (χ4v) is 2.16. The summed E-state index contributed by atoms with van der Waals surface area (Å²) in [6.07, 6.45) is 1.08. The summed E-state index contributed by atoms with van der Waals surface area (Å²) in [5.74, 6) is -0.760. The van der Waals surface area contributed by atoms with Gasteiger partial charge in [0.2, 0.25) is 0 Å². The standard InChI is InChI=1S/C12H17NO5S.ClH/c1-3-18-11(15)12(13,8-14)9-4-6-10(7-5-9)19(2,16)17;/h4-7,14H,3,8,13H2,1-2H3;1H. The van der Waals surface area contributed by atoms with Crippen LogP contribution in [0.2, 0.25) is 0 Å². The zero-order valence-corrected chi connectivity index (χ0v) is 12.8. The van der Waals surface area contributed by atoms with E-state index in [2.05, 4.69) is 0 Å². The lowest BCUT2D eigenvalue weighted by atomic mass is 9.92. The molecule has 0 aliphatic carbocycles. The first-order valence-corrected chi connectivity index (χ1v) is 7.52. The van der Waals surface area contributed by atoms with Crippen molar-refractivity contribution in [3.63, 3.8) is 0 Å². The molecule has 0 aliphatic rings. The average molecular weight is 324 g/mol. The SMILES string of the molecule is CCOC(=O)C(N)(CO)c1ccc(S(C)(=O)=O)cc1.Cl. The van der Waals surface area contributed by atoms with Crippen LogP contribution in [0.4, 0.5) is 0 Å². The number of esters is 1. The second-order valence-electron chi connectivity index (χ2n) is 4.15. The highest BCUT2D eigenvalue weighted by Gasteiger charge is 2.37. The number of hydrogen-bond acceptors (Lipinski definition) is 6. The van der Waals surface area contributed by atoms with Crippen LogP contribution in [0.3, 0.4) is 0 Å². The normalized spacial score (nSPS) is 14.0. The maximum absolute atomic E-state index is 11.8.